The summed E-state index contributed by atoms with van der Waals surface area (Å²) in [6.07, 6.45) is 5.28. The van der Waals surface area contributed by atoms with Crippen molar-refractivity contribution in [1.82, 2.24) is 9.80 Å². The van der Waals surface area contributed by atoms with E-state index in [0.29, 0.717) is 0 Å². The summed E-state index contributed by atoms with van der Waals surface area (Å²) in [4.78, 5) is 4.35. The Labute approximate surface area is 81.8 Å². The lowest BCUT2D eigenvalue weighted by Crippen LogP contribution is -2.28. The molecule has 0 saturated carbocycles. The SMILES string of the molecule is OCCN1C=CN(CCCBr)C1. The monoisotopic (exact) mass is 234 g/mol. The van der Waals surface area contributed by atoms with Gasteiger partial charge >= 0.3 is 0 Å². The first-order valence-electron chi connectivity index (χ1n) is 4.20. The van der Waals surface area contributed by atoms with Gasteiger partial charge in [-0.2, -0.15) is 0 Å². The standard InChI is InChI=1S/C8H15BrN2O/c9-2-1-3-10-4-5-11(8-10)6-7-12/h4-5,12H,1-3,6-8H2. The highest BCUT2D eigenvalue weighted by atomic mass is 79.9. The summed E-state index contributed by atoms with van der Waals surface area (Å²) < 4.78 is 0. The van der Waals surface area contributed by atoms with E-state index in [1.54, 1.807) is 0 Å². The molecule has 12 heavy (non-hydrogen) atoms. The molecule has 0 radical (unpaired) electrons. The first-order valence-corrected chi connectivity index (χ1v) is 5.32. The van der Waals surface area contributed by atoms with Crippen molar-refractivity contribution in [2.45, 2.75) is 6.42 Å². The van der Waals surface area contributed by atoms with E-state index in [1.165, 1.54) is 0 Å². The van der Waals surface area contributed by atoms with Gasteiger partial charge in [-0.25, -0.2) is 0 Å². The Bertz CT molecular complexity index is 152. The molecule has 3 nitrogen and oxygen atoms in total. The fraction of sp³-hybridized carbons (Fsp3) is 0.750. The van der Waals surface area contributed by atoms with Gasteiger partial charge in [-0.05, 0) is 6.42 Å². The second-order valence-corrected chi connectivity index (χ2v) is 3.62. The van der Waals surface area contributed by atoms with Gasteiger partial charge in [0, 0.05) is 30.8 Å². The summed E-state index contributed by atoms with van der Waals surface area (Å²) in [7, 11) is 0. The van der Waals surface area contributed by atoms with Crippen molar-refractivity contribution < 1.29 is 5.11 Å². The van der Waals surface area contributed by atoms with E-state index in [-0.39, 0.29) is 6.61 Å². The van der Waals surface area contributed by atoms with Gasteiger partial charge in [-0.3, -0.25) is 0 Å². The Morgan fingerprint density at radius 2 is 1.92 bits per heavy atom. The van der Waals surface area contributed by atoms with Crippen LogP contribution in [0.4, 0.5) is 0 Å². The highest BCUT2D eigenvalue weighted by Crippen LogP contribution is 2.06. The molecule has 1 aliphatic rings. The maximum absolute atomic E-state index is 8.69. The summed E-state index contributed by atoms with van der Waals surface area (Å²) in [5.74, 6) is 0. The van der Waals surface area contributed by atoms with Crippen molar-refractivity contribution in [1.29, 1.82) is 0 Å². The molecular weight excluding hydrogens is 220 g/mol. The Morgan fingerprint density at radius 3 is 2.50 bits per heavy atom. The van der Waals surface area contributed by atoms with Crippen LogP contribution in [0.3, 0.4) is 0 Å². The first-order chi connectivity index (χ1) is 5.86. The zero-order chi connectivity index (χ0) is 8.81. The van der Waals surface area contributed by atoms with E-state index in [0.717, 1.165) is 31.5 Å². The van der Waals surface area contributed by atoms with Crippen molar-refractivity contribution in [3.8, 4) is 0 Å². The highest BCUT2D eigenvalue weighted by molar-refractivity contribution is 9.09. The van der Waals surface area contributed by atoms with Gasteiger partial charge in [0.15, 0.2) is 0 Å². The molecule has 0 aliphatic carbocycles. The largest absolute Gasteiger partial charge is 0.395 e. The minimum absolute atomic E-state index is 0.233. The van der Waals surface area contributed by atoms with Gasteiger partial charge < -0.3 is 14.9 Å². The molecule has 0 unspecified atom stereocenters. The highest BCUT2D eigenvalue weighted by Gasteiger charge is 2.09. The molecule has 0 amide bonds. The number of nitrogens with zero attached hydrogens (tertiary/aromatic N) is 2. The maximum atomic E-state index is 8.69. The minimum Gasteiger partial charge on any atom is -0.395 e. The van der Waals surface area contributed by atoms with Crippen LogP contribution in [0.25, 0.3) is 0 Å². The summed E-state index contributed by atoms with van der Waals surface area (Å²) in [5, 5.41) is 9.74. The third-order valence-corrected chi connectivity index (χ3v) is 2.38. The van der Waals surface area contributed by atoms with E-state index >= 15 is 0 Å². The zero-order valence-corrected chi connectivity index (χ0v) is 8.70. The lowest BCUT2D eigenvalue weighted by atomic mass is 10.4. The summed E-state index contributed by atoms with van der Waals surface area (Å²) >= 11 is 3.40. The molecule has 0 spiro atoms. The minimum atomic E-state index is 0.233. The van der Waals surface area contributed by atoms with Crippen LogP contribution >= 0.6 is 15.9 Å². The number of halogens is 1. The van der Waals surface area contributed by atoms with Crippen LogP contribution in [0.15, 0.2) is 12.4 Å². The van der Waals surface area contributed by atoms with Gasteiger partial charge in [-0.15, -0.1) is 0 Å². The first kappa shape index (κ1) is 9.86. The van der Waals surface area contributed by atoms with Crippen LogP contribution in [-0.2, 0) is 0 Å². The molecule has 0 atom stereocenters. The fourth-order valence-electron chi connectivity index (χ4n) is 1.20. The molecule has 70 valence electrons. The zero-order valence-electron chi connectivity index (χ0n) is 7.12. The molecule has 0 aromatic heterocycles. The molecule has 1 N–H and O–H groups in total. The van der Waals surface area contributed by atoms with Crippen molar-refractivity contribution in [3.63, 3.8) is 0 Å². The predicted octanol–water partition coefficient (Wildman–Crippen LogP) is 0.810. The van der Waals surface area contributed by atoms with Crippen molar-refractivity contribution >= 4 is 15.9 Å². The number of β-amino-alcohol motifs (C(OH)–C–C–N with tert-alkyl or cyclic N) is 1. The summed E-state index contributed by atoms with van der Waals surface area (Å²) in [6, 6.07) is 0. The molecule has 0 saturated heterocycles. The Morgan fingerprint density at radius 1 is 1.25 bits per heavy atom. The quantitative estimate of drug-likeness (QED) is 0.714. The summed E-state index contributed by atoms with van der Waals surface area (Å²) in [6.45, 7) is 2.98. The Hall–Kier alpha value is -0.220. The molecule has 0 bridgehead atoms. The van der Waals surface area contributed by atoms with Gasteiger partial charge in [-0.1, -0.05) is 15.9 Å². The average molecular weight is 235 g/mol. The Balaban J connectivity index is 2.14. The molecule has 4 heteroatoms. The lowest BCUT2D eigenvalue weighted by Gasteiger charge is -2.19. The van der Waals surface area contributed by atoms with Gasteiger partial charge in [0.2, 0.25) is 0 Å². The molecule has 1 heterocycles. The molecular formula is C8H15BrN2O. The van der Waals surface area contributed by atoms with E-state index in [2.05, 4.69) is 31.9 Å². The number of rotatable bonds is 5. The Kier molecular flexibility index (Phi) is 4.46. The molecule has 0 aromatic carbocycles. The second kappa shape index (κ2) is 5.43. The fourth-order valence-corrected chi connectivity index (χ4v) is 1.45. The van der Waals surface area contributed by atoms with Crippen LogP contribution in [0.2, 0.25) is 0 Å². The third-order valence-electron chi connectivity index (χ3n) is 1.82. The average Bonchev–Trinajstić information content (AvgIpc) is 2.50. The predicted molar refractivity (Wildman–Crippen MR) is 52.9 cm³/mol. The van der Waals surface area contributed by atoms with Crippen molar-refractivity contribution in [3.05, 3.63) is 12.4 Å². The number of aliphatic hydroxyl groups excluding tert-OH is 1. The normalized spacial score (nSPS) is 16.2. The van der Waals surface area contributed by atoms with E-state index in [4.69, 9.17) is 5.11 Å². The molecule has 0 aromatic rings. The maximum Gasteiger partial charge on any atom is 0.0894 e. The van der Waals surface area contributed by atoms with E-state index in [9.17, 15) is 0 Å². The molecule has 0 fully saturated rings. The van der Waals surface area contributed by atoms with Crippen LogP contribution in [0, 0.1) is 0 Å². The van der Waals surface area contributed by atoms with Crippen LogP contribution in [0.1, 0.15) is 6.42 Å². The van der Waals surface area contributed by atoms with Crippen LogP contribution in [0.5, 0.6) is 0 Å². The van der Waals surface area contributed by atoms with E-state index < -0.39 is 0 Å². The van der Waals surface area contributed by atoms with Gasteiger partial charge in [0.05, 0.1) is 13.3 Å². The lowest BCUT2D eigenvalue weighted by molar-refractivity contribution is 0.206. The van der Waals surface area contributed by atoms with Gasteiger partial charge in [0.25, 0.3) is 0 Å². The van der Waals surface area contributed by atoms with Gasteiger partial charge in [0.1, 0.15) is 0 Å². The molecule has 1 rings (SSSR count). The molecule has 1 aliphatic heterocycles. The number of hydrogen-bond acceptors (Lipinski definition) is 3. The topological polar surface area (TPSA) is 26.7 Å². The van der Waals surface area contributed by atoms with Crippen molar-refractivity contribution in [2.75, 3.05) is 31.7 Å². The second-order valence-electron chi connectivity index (χ2n) is 2.83. The number of aliphatic hydroxyl groups is 1. The number of alkyl halides is 1. The van der Waals surface area contributed by atoms with Crippen LogP contribution < -0.4 is 0 Å². The summed E-state index contributed by atoms with van der Waals surface area (Å²) in [5.41, 5.74) is 0. The van der Waals surface area contributed by atoms with Crippen molar-refractivity contribution in [2.24, 2.45) is 0 Å². The third kappa shape index (κ3) is 3.03. The smallest absolute Gasteiger partial charge is 0.0894 e. The number of hydrogen-bond donors (Lipinski definition) is 1. The van der Waals surface area contributed by atoms with Crippen LogP contribution in [-0.4, -0.2) is 46.6 Å². The van der Waals surface area contributed by atoms with E-state index in [1.807, 2.05) is 6.20 Å².